The van der Waals surface area contributed by atoms with Gasteiger partial charge in [-0.15, -0.1) is 0 Å². The van der Waals surface area contributed by atoms with Gasteiger partial charge in [0.15, 0.2) is 0 Å². The van der Waals surface area contributed by atoms with Crippen LogP contribution in [0.15, 0.2) is 0 Å². The minimum Gasteiger partial charge on any atom is -0.341 e. The average molecular weight is 321 g/mol. The standard InChI is InChI=1S/C18H31N3O2/c1-18(2)9-4-3-6-15(18)19-17(23)21-11-5-10-20(12-13-21)16(22)14-7-8-14/h14-15H,3-13H2,1-2H3,(H,19,23). The van der Waals surface area contributed by atoms with Crippen molar-refractivity contribution in [1.82, 2.24) is 15.1 Å². The van der Waals surface area contributed by atoms with Crippen LogP contribution in [0.1, 0.15) is 58.8 Å². The van der Waals surface area contributed by atoms with Crippen molar-refractivity contribution in [3.8, 4) is 0 Å². The van der Waals surface area contributed by atoms with Crippen LogP contribution in [-0.4, -0.2) is 54.0 Å². The Labute approximate surface area is 139 Å². The highest BCUT2D eigenvalue weighted by Gasteiger charge is 2.36. The van der Waals surface area contributed by atoms with Crippen LogP contribution in [0, 0.1) is 11.3 Å². The van der Waals surface area contributed by atoms with E-state index in [0.29, 0.717) is 19.0 Å². The molecule has 3 aliphatic rings. The summed E-state index contributed by atoms with van der Waals surface area (Å²) in [5, 5.41) is 3.27. The first-order chi connectivity index (χ1) is 11.0. The lowest BCUT2D eigenvalue weighted by molar-refractivity contribution is -0.132. The summed E-state index contributed by atoms with van der Waals surface area (Å²) in [6.45, 7) is 7.43. The van der Waals surface area contributed by atoms with Gasteiger partial charge in [-0.3, -0.25) is 4.79 Å². The molecule has 23 heavy (non-hydrogen) atoms. The molecule has 3 rings (SSSR count). The highest BCUT2D eigenvalue weighted by Crippen LogP contribution is 2.35. The molecule has 0 aromatic carbocycles. The second kappa shape index (κ2) is 6.70. The lowest BCUT2D eigenvalue weighted by atomic mass is 9.73. The van der Waals surface area contributed by atoms with Gasteiger partial charge in [0, 0.05) is 38.1 Å². The van der Waals surface area contributed by atoms with Crippen LogP contribution in [0.25, 0.3) is 0 Å². The average Bonchev–Trinajstić information content (AvgIpc) is 3.35. The molecule has 1 N–H and O–H groups in total. The Morgan fingerprint density at radius 3 is 2.30 bits per heavy atom. The Morgan fingerprint density at radius 2 is 1.61 bits per heavy atom. The topological polar surface area (TPSA) is 52.7 Å². The van der Waals surface area contributed by atoms with Crippen molar-refractivity contribution >= 4 is 11.9 Å². The summed E-state index contributed by atoms with van der Waals surface area (Å²) in [7, 11) is 0. The molecule has 1 atom stereocenters. The Bertz CT molecular complexity index is 459. The number of carbonyl (C=O) groups is 2. The molecule has 3 fully saturated rings. The molecule has 3 amide bonds. The molecule has 0 spiro atoms. The van der Waals surface area contributed by atoms with Gasteiger partial charge in [-0.05, 0) is 37.5 Å². The van der Waals surface area contributed by atoms with Crippen LogP contribution in [0.4, 0.5) is 4.79 Å². The lowest BCUT2D eigenvalue weighted by Gasteiger charge is -2.40. The molecule has 130 valence electrons. The SMILES string of the molecule is CC1(C)CCCCC1NC(=O)N1CCCN(C(=O)C2CC2)CC1. The van der Waals surface area contributed by atoms with E-state index in [2.05, 4.69) is 19.2 Å². The summed E-state index contributed by atoms with van der Waals surface area (Å²) in [6, 6.07) is 0.335. The third-order valence-corrected chi connectivity index (χ3v) is 5.83. The molecular formula is C18H31N3O2. The molecule has 5 nitrogen and oxygen atoms in total. The number of nitrogens with zero attached hydrogens (tertiary/aromatic N) is 2. The van der Waals surface area contributed by atoms with Gasteiger partial charge in [-0.25, -0.2) is 4.79 Å². The van der Waals surface area contributed by atoms with Crippen molar-refractivity contribution in [3.05, 3.63) is 0 Å². The molecule has 0 aromatic rings. The highest BCUT2D eigenvalue weighted by molar-refractivity contribution is 5.81. The van der Waals surface area contributed by atoms with Gasteiger partial charge in [0.1, 0.15) is 0 Å². The zero-order valence-corrected chi connectivity index (χ0v) is 14.6. The number of rotatable bonds is 2. The highest BCUT2D eigenvalue weighted by atomic mass is 16.2. The van der Waals surface area contributed by atoms with Crippen LogP contribution in [0.3, 0.4) is 0 Å². The van der Waals surface area contributed by atoms with E-state index in [0.717, 1.165) is 38.8 Å². The zero-order valence-electron chi connectivity index (χ0n) is 14.6. The van der Waals surface area contributed by atoms with Crippen molar-refractivity contribution in [1.29, 1.82) is 0 Å². The number of hydrogen-bond acceptors (Lipinski definition) is 2. The molecule has 1 heterocycles. The summed E-state index contributed by atoms with van der Waals surface area (Å²) >= 11 is 0. The third kappa shape index (κ3) is 3.99. The predicted octanol–water partition coefficient (Wildman–Crippen LogP) is 2.61. The van der Waals surface area contributed by atoms with E-state index in [9.17, 15) is 9.59 Å². The van der Waals surface area contributed by atoms with Crippen molar-refractivity contribution < 1.29 is 9.59 Å². The molecule has 5 heteroatoms. The lowest BCUT2D eigenvalue weighted by Crippen LogP contribution is -2.52. The predicted molar refractivity (Wildman–Crippen MR) is 90.1 cm³/mol. The monoisotopic (exact) mass is 321 g/mol. The van der Waals surface area contributed by atoms with Crippen LogP contribution in [0.5, 0.6) is 0 Å². The first kappa shape index (κ1) is 16.6. The van der Waals surface area contributed by atoms with Gasteiger partial charge in [-0.1, -0.05) is 26.7 Å². The summed E-state index contributed by atoms with van der Waals surface area (Å²) in [5.41, 5.74) is 0.188. The number of urea groups is 1. The molecule has 1 aliphatic heterocycles. The number of hydrogen-bond donors (Lipinski definition) is 1. The molecule has 2 aliphatic carbocycles. The number of carbonyl (C=O) groups excluding carboxylic acids is 2. The smallest absolute Gasteiger partial charge is 0.317 e. The van der Waals surface area contributed by atoms with Gasteiger partial charge in [-0.2, -0.15) is 0 Å². The number of amides is 3. The van der Waals surface area contributed by atoms with Gasteiger partial charge >= 0.3 is 6.03 Å². The second-order valence-corrected chi connectivity index (χ2v) is 8.18. The fourth-order valence-corrected chi connectivity index (χ4v) is 3.93. The van der Waals surface area contributed by atoms with E-state index < -0.39 is 0 Å². The maximum absolute atomic E-state index is 12.6. The van der Waals surface area contributed by atoms with Gasteiger partial charge in [0.25, 0.3) is 0 Å². The Morgan fingerprint density at radius 1 is 0.913 bits per heavy atom. The van der Waals surface area contributed by atoms with Crippen molar-refractivity contribution in [2.75, 3.05) is 26.2 Å². The fourth-order valence-electron chi connectivity index (χ4n) is 3.93. The first-order valence-electron chi connectivity index (χ1n) is 9.31. The van der Waals surface area contributed by atoms with E-state index in [4.69, 9.17) is 0 Å². The van der Waals surface area contributed by atoms with Gasteiger partial charge in [0.05, 0.1) is 0 Å². The first-order valence-corrected chi connectivity index (χ1v) is 9.31. The van der Waals surface area contributed by atoms with Crippen molar-refractivity contribution in [3.63, 3.8) is 0 Å². The van der Waals surface area contributed by atoms with E-state index >= 15 is 0 Å². The van der Waals surface area contributed by atoms with E-state index in [-0.39, 0.29) is 23.4 Å². The molecule has 2 saturated carbocycles. The summed E-state index contributed by atoms with van der Waals surface area (Å²) in [6.07, 6.45) is 7.73. The Kier molecular flexibility index (Phi) is 4.83. The maximum Gasteiger partial charge on any atom is 0.317 e. The summed E-state index contributed by atoms with van der Waals surface area (Å²) < 4.78 is 0. The summed E-state index contributed by atoms with van der Waals surface area (Å²) in [4.78, 5) is 28.7. The van der Waals surface area contributed by atoms with Crippen molar-refractivity contribution in [2.45, 2.75) is 64.8 Å². The Balaban J connectivity index is 1.52. The van der Waals surface area contributed by atoms with Gasteiger partial charge < -0.3 is 15.1 Å². The molecular weight excluding hydrogens is 290 g/mol. The minimum atomic E-state index is 0.0608. The molecule has 1 unspecified atom stereocenters. The van der Waals surface area contributed by atoms with Crippen molar-refractivity contribution in [2.24, 2.45) is 11.3 Å². The molecule has 0 aromatic heterocycles. The second-order valence-electron chi connectivity index (χ2n) is 8.18. The maximum atomic E-state index is 12.6. The van der Waals surface area contributed by atoms with E-state index in [1.165, 1.54) is 19.3 Å². The quantitative estimate of drug-likeness (QED) is 0.850. The van der Waals surface area contributed by atoms with Crippen LogP contribution < -0.4 is 5.32 Å². The zero-order chi connectivity index (χ0) is 16.4. The van der Waals surface area contributed by atoms with E-state index in [1.807, 2.05) is 9.80 Å². The number of nitrogens with one attached hydrogen (secondary N) is 1. The normalized spacial score (nSPS) is 28.2. The largest absolute Gasteiger partial charge is 0.341 e. The molecule has 1 saturated heterocycles. The van der Waals surface area contributed by atoms with Crippen LogP contribution >= 0.6 is 0 Å². The van der Waals surface area contributed by atoms with E-state index in [1.54, 1.807) is 0 Å². The van der Waals surface area contributed by atoms with Crippen LogP contribution in [0.2, 0.25) is 0 Å². The summed E-state index contributed by atoms with van der Waals surface area (Å²) in [5.74, 6) is 0.582. The van der Waals surface area contributed by atoms with Crippen LogP contribution in [-0.2, 0) is 4.79 Å². The van der Waals surface area contributed by atoms with Gasteiger partial charge in [0.2, 0.25) is 5.91 Å². The minimum absolute atomic E-state index is 0.0608. The molecule has 0 bridgehead atoms. The Hall–Kier alpha value is -1.26. The third-order valence-electron chi connectivity index (χ3n) is 5.83. The fraction of sp³-hybridized carbons (Fsp3) is 0.889. The molecule has 0 radical (unpaired) electrons.